The second kappa shape index (κ2) is 9.55. The highest BCUT2D eigenvalue weighted by Crippen LogP contribution is 2.48. The molecule has 0 radical (unpaired) electrons. The van der Waals surface area contributed by atoms with E-state index in [1.165, 1.54) is 18.4 Å². The maximum atomic E-state index is 5.50. The second-order valence-electron chi connectivity index (χ2n) is 7.07. The summed E-state index contributed by atoms with van der Waals surface area (Å²) in [5.41, 5.74) is 1.64. The summed E-state index contributed by atoms with van der Waals surface area (Å²) >= 11 is 3.59. The third-order valence-corrected chi connectivity index (χ3v) is 5.57. The van der Waals surface area contributed by atoms with Gasteiger partial charge in [0.25, 0.3) is 0 Å². The van der Waals surface area contributed by atoms with Crippen LogP contribution in [0.25, 0.3) is 0 Å². The van der Waals surface area contributed by atoms with Gasteiger partial charge in [0, 0.05) is 42.5 Å². The lowest BCUT2D eigenvalue weighted by molar-refractivity contribution is 0.181. The van der Waals surface area contributed by atoms with Crippen LogP contribution in [0.15, 0.2) is 33.7 Å². The molecule has 2 fully saturated rings. The van der Waals surface area contributed by atoms with Crippen LogP contribution in [0.3, 0.4) is 0 Å². The molecule has 1 unspecified atom stereocenters. The summed E-state index contributed by atoms with van der Waals surface area (Å²) in [7, 11) is 2.14. The van der Waals surface area contributed by atoms with Crippen LogP contribution < -0.4 is 5.32 Å². The van der Waals surface area contributed by atoms with E-state index in [2.05, 4.69) is 64.4 Å². The number of hydrogen-bond donors (Lipinski definition) is 1. The largest absolute Gasteiger partial charge is 0.381 e. The Morgan fingerprint density at radius 2 is 2.24 bits per heavy atom. The highest BCUT2D eigenvalue weighted by Gasteiger charge is 2.44. The van der Waals surface area contributed by atoms with E-state index in [1.54, 1.807) is 0 Å². The number of nitrogens with zero attached hydrogens (tertiary/aromatic N) is 2. The summed E-state index contributed by atoms with van der Waals surface area (Å²) in [6.45, 7) is 6.67. The van der Waals surface area contributed by atoms with Gasteiger partial charge in [0.15, 0.2) is 5.96 Å². The number of halogens is 2. The van der Waals surface area contributed by atoms with Crippen LogP contribution in [0.5, 0.6) is 0 Å². The Morgan fingerprint density at radius 3 is 2.84 bits per heavy atom. The average molecular weight is 522 g/mol. The van der Waals surface area contributed by atoms with Crippen LogP contribution in [-0.4, -0.2) is 50.8 Å². The molecule has 1 saturated carbocycles. The molecular weight excluding hydrogens is 493 g/mol. The van der Waals surface area contributed by atoms with Gasteiger partial charge in [-0.1, -0.05) is 28.1 Å². The average Bonchev–Trinajstić information content (AvgIpc) is 3.20. The van der Waals surface area contributed by atoms with E-state index in [4.69, 9.17) is 9.73 Å². The van der Waals surface area contributed by atoms with Crippen molar-refractivity contribution >= 4 is 45.9 Å². The molecule has 1 heterocycles. The summed E-state index contributed by atoms with van der Waals surface area (Å²) in [4.78, 5) is 7.23. The van der Waals surface area contributed by atoms with E-state index in [-0.39, 0.29) is 29.4 Å². The number of nitrogens with one attached hydrogen (secondary N) is 1. The van der Waals surface area contributed by atoms with Crippen LogP contribution >= 0.6 is 39.9 Å². The van der Waals surface area contributed by atoms with Crippen LogP contribution in [0.1, 0.15) is 31.7 Å². The third-order valence-electron chi connectivity index (χ3n) is 5.07. The van der Waals surface area contributed by atoms with Gasteiger partial charge in [0.1, 0.15) is 0 Å². The van der Waals surface area contributed by atoms with Gasteiger partial charge >= 0.3 is 0 Å². The van der Waals surface area contributed by atoms with Crippen LogP contribution in [0, 0.1) is 5.92 Å². The molecule has 1 saturated heterocycles. The first-order valence-electron chi connectivity index (χ1n) is 8.96. The Kier molecular flexibility index (Phi) is 8.01. The van der Waals surface area contributed by atoms with E-state index < -0.39 is 0 Å². The van der Waals surface area contributed by atoms with Crippen molar-refractivity contribution in [1.29, 1.82) is 0 Å². The minimum Gasteiger partial charge on any atom is -0.381 e. The van der Waals surface area contributed by atoms with Gasteiger partial charge in [0.2, 0.25) is 0 Å². The summed E-state index contributed by atoms with van der Waals surface area (Å²) in [5.74, 6) is 1.64. The molecule has 3 rings (SSSR count). The predicted molar refractivity (Wildman–Crippen MR) is 118 cm³/mol. The Bertz CT molecular complexity index is 586. The molecule has 25 heavy (non-hydrogen) atoms. The Labute approximate surface area is 176 Å². The first-order valence-corrected chi connectivity index (χ1v) is 9.75. The maximum Gasteiger partial charge on any atom is 0.193 e. The lowest BCUT2D eigenvalue weighted by Crippen LogP contribution is -2.42. The number of guanidine groups is 1. The van der Waals surface area contributed by atoms with Gasteiger partial charge in [-0.15, -0.1) is 24.0 Å². The van der Waals surface area contributed by atoms with E-state index in [0.29, 0.717) is 5.92 Å². The Morgan fingerprint density at radius 1 is 1.44 bits per heavy atom. The van der Waals surface area contributed by atoms with Crippen LogP contribution in [0.4, 0.5) is 0 Å². The topological polar surface area (TPSA) is 36.9 Å². The predicted octanol–water partition coefficient (Wildman–Crippen LogP) is 4.03. The first-order chi connectivity index (χ1) is 11.6. The van der Waals surface area contributed by atoms with Crippen molar-refractivity contribution in [1.82, 2.24) is 10.2 Å². The molecule has 6 heteroatoms. The summed E-state index contributed by atoms with van der Waals surface area (Å²) in [6.07, 6.45) is 3.62. The van der Waals surface area contributed by atoms with Crippen molar-refractivity contribution in [3.05, 3.63) is 34.3 Å². The molecule has 1 aromatic rings. The van der Waals surface area contributed by atoms with Crippen molar-refractivity contribution in [2.24, 2.45) is 10.9 Å². The monoisotopic (exact) mass is 521 g/mol. The molecule has 0 amide bonds. The molecule has 0 bridgehead atoms. The Balaban J connectivity index is 0.00000225. The third kappa shape index (κ3) is 5.57. The Hall–Kier alpha value is -0.340. The van der Waals surface area contributed by atoms with Crippen LogP contribution in [0.2, 0.25) is 0 Å². The lowest BCUT2D eigenvalue weighted by Gasteiger charge is -2.25. The van der Waals surface area contributed by atoms with Crippen molar-refractivity contribution in [2.75, 3.05) is 39.9 Å². The fraction of sp³-hybridized carbons (Fsp3) is 0.632. The van der Waals surface area contributed by atoms with E-state index in [1.807, 2.05) is 0 Å². The van der Waals surface area contributed by atoms with Gasteiger partial charge in [-0.3, -0.25) is 4.99 Å². The van der Waals surface area contributed by atoms with Gasteiger partial charge in [-0.2, -0.15) is 0 Å². The second-order valence-corrected chi connectivity index (χ2v) is 7.99. The first kappa shape index (κ1) is 21.0. The molecule has 1 aliphatic heterocycles. The van der Waals surface area contributed by atoms with Gasteiger partial charge in [-0.25, -0.2) is 0 Å². The zero-order chi connectivity index (χ0) is 17.0. The zero-order valence-electron chi connectivity index (χ0n) is 15.1. The van der Waals surface area contributed by atoms with E-state index in [9.17, 15) is 0 Å². The number of hydrogen-bond acceptors (Lipinski definition) is 2. The fourth-order valence-corrected chi connectivity index (χ4v) is 3.80. The molecular formula is C19H29BrIN3O. The van der Waals surface area contributed by atoms with E-state index in [0.717, 1.165) is 49.7 Å². The maximum absolute atomic E-state index is 5.50. The lowest BCUT2D eigenvalue weighted by atomic mass is 9.96. The molecule has 2 aliphatic rings. The minimum absolute atomic E-state index is 0. The van der Waals surface area contributed by atoms with Crippen molar-refractivity contribution in [2.45, 2.75) is 31.6 Å². The van der Waals surface area contributed by atoms with Gasteiger partial charge < -0.3 is 15.0 Å². The SMILES string of the molecule is CCNC(=NCC1(c2cccc(Br)c2)CC1)N(C)CC1CCOC1.I. The molecule has 1 N–H and O–H groups in total. The molecule has 1 atom stereocenters. The quantitative estimate of drug-likeness (QED) is 0.349. The number of aliphatic imine (C=N–C) groups is 1. The molecule has 1 aromatic carbocycles. The molecule has 140 valence electrons. The molecule has 1 aliphatic carbocycles. The summed E-state index contributed by atoms with van der Waals surface area (Å²) < 4.78 is 6.65. The van der Waals surface area contributed by atoms with Crippen molar-refractivity contribution < 1.29 is 4.74 Å². The highest BCUT2D eigenvalue weighted by atomic mass is 127. The number of ether oxygens (including phenoxy) is 1. The molecule has 4 nitrogen and oxygen atoms in total. The van der Waals surface area contributed by atoms with E-state index >= 15 is 0 Å². The summed E-state index contributed by atoms with van der Waals surface area (Å²) in [6, 6.07) is 8.69. The molecule has 0 spiro atoms. The minimum atomic E-state index is 0. The zero-order valence-corrected chi connectivity index (χ0v) is 19.0. The standard InChI is InChI=1S/C19H28BrN3O.HI/c1-3-21-18(23(2)12-15-7-10-24-13-15)22-14-19(8-9-19)16-5-4-6-17(20)11-16;/h4-6,11,15H,3,7-10,12-14H2,1-2H3,(H,21,22);1H. The summed E-state index contributed by atoms with van der Waals surface area (Å²) in [5, 5.41) is 3.45. The smallest absolute Gasteiger partial charge is 0.193 e. The highest BCUT2D eigenvalue weighted by molar-refractivity contribution is 14.0. The normalized spacial score (nSPS) is 21.6. The van der Waals surface area contributed by atoms with Crippen LogP contribution in [-0.2, 0) is 10.2 Å². The van der Waals surface area contributed by atoms with Crippen molar-refractivity contribution in [3.8, 4) is 0 Å². The van der Waals surface area contributed by atoms with Gasteiger partial charge in [0.05, 0.1) is 13.2 Å². The fourth-order valence-electron chi connectivity index (χ4n) is 3.40. The number of benzene rings is 1. The van der Waals surface area contributed by atoms with Crippen molar-refractivity contribution in [3.63, 3.8) is 0 Å². The number of rotatable bonds is 6. The van der Waals surface area contributed by atoms with Gasteiger partial charge in [-0.05, 0) is 43.9 Å². The molecule has 0 aromatic heterocycles.